The standard InChI is InChI=1S/C31H18Br2N4O3/c32-24-13-19(14-25(33)29(24)39-18-22-9-2-1-8-21(22)16-34)17-35-37-30(28-15-20-7-3-6-12-27(20)40-28)36-26-11-5-4-10-23(26)31(37)38/h1-15,17H,18H2. The van der Waals surface area contributed by atoms with Crippen LogP contribution < -0.4 is 10.3 Å². The van der Waals surface area contributed by atoms with E-state index in [1.54, 1.807) is 30.5 Å². The van der Waals surface area contributed by atoms with E-state index >= 15 is 0 Å². The Balaban J connectivity index is 1.37. The molecule has 0 amide bonds. The Morgan fingerprint density at radius 2 is 1.70 bits per heavy atom. The number of halogens is 2. The van der Waals surface area contributed by atoms with E-state index in [0.717, 1.165) is 10.9 Å². The van der Waals surface area contributed by atoms with Crippen LogP contribution in [0, 0.1) is 11.3 Å². The van der Waals surface area contributed by atoms with Crippen LogP contribution in [-0.4, -0.2) is 15.9 Å². The van der Waals surface area contributed by atoms with Crippen LogP contribution in [0.15, 0.2) is 114 Å². The molecule has 0 saturated heterocycles. The predicted molar refractivity (Wildman–Crippen MR) is 162 cm³/mol. The van der Waals surface area contributed by atoms with Gasteiger partial charge in [-0.15, -0.1) is 0 Å². The fourth-order valence-corrected chi connectivity index (χ4v) is 5.75. The lowest BCUT2D eigenvalue weighted by Crippen LogP contribution is -2.20. The van der Waals surface area contributed by atoms with Crippen LogP contribution in [0.1, 0.15) is 16.7 Å². The SMILES string of the molecule is N#Cc1ccccc1COc1c(Br)cc(C=Nn2c(-c3cc4ccccc4o3)nc3ccccc3c2=O)cc1Br. The van der Waals surface area contributed by atoms with Gasteiger partial charge in [0.1, 0.15) is 17.9 Å². The van der Waals surface area contributed by atoms with Gasteiger partial charge in [0.15, 0.2) is 5.76 Å². The van der Waals surface area contributed by atoms with E-state index < -0.39 is 0 Å². The van der Waals surface area contributed by atoms with Gasteiger partial charge in [-0.2, -0.15) is 15.0 Å². The number of furan rings is 1. The Hall–Kier alpha value is -4.52. The molecule has 0 aliphatic heterocycles. The average molecular weight is 654 g/mol. The largest absolute Gasteiger partial charge is 0.486 e. The summed E-state index contributed by atoms with van der Waals surface area (Å²) >= 11 is 7.15. The van der Waals surface area contributed by atoms with E-state index in [4.69, 9.17) is 14.1 Å². The molecule has 0 saturated carbocycles. The number of nitriles is 1. The van der Waals surface area contributed by atoms with E-state index in [2.05, 4.69) is 43.0 Å². The van der Waals surface area contributed by atoms with Gasteiger partial charge >= 0.3 is 0 Å². The Labute approximate surface area is 245 Å². The number of ether oxygens (including phenoxy) is 1. The van der Waals surface area contributed by atoms with Crippen molar-refractivity contribution in [2.24, 2.45) is 5.10 Å². The average Bonchev–Trinajstić information content (AvgIpc) is 3.41. The molecule has 0 unspecified atom stereocenters. The van der Waals surface area contributed by atoms with Gasteiger partial charge < -0.3 is 9.15 Å². The summed E-state index contributed by atoms with van der Waals surface area (Å²) in [6.07, 6.45) is 1.58. The third kappa shape index (κ3) is 4.95. The zero-order valence-corrected chi connectivity index (χ0v) is 23.9. The summed E-state index contributed by atoms with van der Waals surface area (Å²) < 4.78 is 14.7. The smallest absolute Gasteiger partial charge is 0.282 e. The van der Waals surface area contributed by atoms with Crippen LogP contribution in [0.4, 0.5) is 0 Å². The topological polar surface area (TPSA) is 93.4 Å². The molecule has 6 rings (SSSR count). The van der Waals surface area contributed by atoms with Crippen LogP contribution in [0.3, 0.4) is 0 Å². The Morgan fingerprint density at radius 1 is 0.975 bits per heavy atom. The zero-order chi connectivity index (χ0) is 27.6. The van der Waals surface area contributed by atoms with Crippen LogP contribution >= 0.6 is 31.9 Å². The van der Waals surface area contributed by atoms with Gasteiger partial charge in [-0.1, -0.05) is 48.5 Å². The van der Waals surface area contributed by atoms with Crippen LogP contribution in [0.2, 0.25) is 0 Å². The third-order valence-corrected chi connectivity index (χ3v) is 7.43. The molecule has 0 aliphatic carbocycles. The summed E-state index contributed by atoms with van der Waals surface area (Å²) in [6.45, 7) is 0.230. The van der Waals surface area contributed by atoms with E-state index in [0.29, 0.717) is 53.9 Å². The molecular weight excluding hydrogens is 636 g/mol. The van der Waals surface area contributed by atoms with Crippen molar-refractivity contribution in [2.45, 2.75) is 6.61 Å². The molecular formula is C31H18Br2N4O3. The van der Waals surface area contributed by atoms with Crippen LogP contribution in [0.25, 0.3) is 33.5 Å². The van der Waals surface area contributed by atoms with Gasteiger partial charge in [0.2, 0.25) is 5.82 Å². The second kappa shape index (κ2) is 10.9. The highest BCUT2D eigenvalue weighted by Gasteiger charge is 2.17. The van der Waals surface area contributed by atoms with Gasteiger partial charge in [-0.25, -0.2) is 4.98 Å². The van der Waals surface area contributed by atoms with Crippen molar-refractivity contribution in [3.63, 3.8) is 0 Å². The third-order valence-electron chi connectivity index (χ3n) is 6.25. The summed E-state index contributed by atoms with van der Waals surface area (Å²) in [6, 6.07) is 29.8. The maximum Gasteiger partial charge on any atom is 0.282 e. The number of hydrogen-bond donors (Lipinski definition) is 0. The van der Waals surface area contributed by atoms with Crippen LogP contribution in [-0.2, 0) is 6.61 Å². The van der Waals surface area contributed by atoms with E-state index in [-0.39, 0.29) is 12.2 Å². The highest BCUT2D eigenvalue weighted by Crippen LogP contribution is 2.35. The Morgan fingerprint density at radius 3 is 2.50 bits per heavy atom. The molecule has 2 heterocycles. The molecule has 0 aliphatic rings. The van der Waals surface area contributed by atoms with Gasteiger partial charge in [-0.05, 0) is 79.9 Å². The number of aromatic nitrogens is 2. The molecule has 0 spiro atoms. The molecule has 4 aromatic carbocycles. The summed E-state index contributed by atoms with van der Waals surface area (Å²) in [5.74, 6) is 1.31. The van der Waals surface area contributed by atoms with Crippen LogP contribution in [0.5, 0.6) is 5.75 Å². The minimum absolute atomic E-state index is 0.230. The molecule has 40 heavy (non-hydrogen) atoms. The van der Waals surface area contributed by atoms with E-state index in [9.17, 15) is 10.1 Å². The van der Waals surface area contributed by atoms with Crippen molar-refractivity contribution >= 4 is 59.9 Å². The van der Waals surface area contributed by atoms with Crippen molar-refractivity contribution < 1.29 is 9.15 Å². The fourth-order valence-electron chi connectivity index (χ4n) is 4.30. The first-order chi connectivity index (χ1) is 19.5. The Bertz CT molecular complexity index is 1980. The summed E-state index contributed by atoms with van der Waals surface area (Å²) in [4.78, 5) is 18.2. The first kappa shape index (κ1) is 25.7. The molecule has 194 valence electrons. The lowest BCUT2D eigenvalue weighted by atomic mass is 10.1. The van der Waals surface area contributed by atoms with Gasteiger partial charge in [0, 0.05) is 10.9 Å². The quantitative estimate of drug-likeness (QED) is 0.172. The monoisotopic (exact) mass is 652 g/mol. The maximum atomic E-state index is 13.5. The van der Waals surface area contributed by atoms with Crippen molar-refractivity contribution in [3.8, 4) is 23.4 Å². The number of hydrogen-bond acceptors (Lipinski definition) is 6. The molecule has 0 bridgehead atoms. The second-order valence-electron chi connectivity index (χ2n) is 8.83. The summed E-state index contributed by atoms with van der Waals surface area (Å²) in [5.41, 5.74) is 2.99. The van der Waals surface area contributed by atoms with E-state index in [1.807, 2.05) is 66.7 Å². The molecule has 0 atom stereocenters. The lowest BCUT2D eigenvalue weighted by Gasteiger charge is -2.12. The van der Waals surface area contributed by atoms with Gasteiger partial charge in [0.25, 0.3) is 5.56 Å². The molecule has 0 fully saturated rings. The second-order valence-corrected chi connectivity index (χ2v) is 10.5. The van der Waals surface area contributed by atoms with E-state index in [1.165, 1.54) is 4.68 Å². The van der Waals surface area contributed by atoms with Crippen molar-refractivity contribution in [2.75, 3.05) is 0 Å². The minimum Gasteiger partial charge on any atom is -0.486 e. The molecule has 6 aromatic rings. The fraction of sp³-hybridized carbons (Fsp3) is 0.0323. The highest BCUT2D eigenvalue weighted by molar-refractivity contribution is 9.11. The lowest BCUT2D eigenvalue weighted by molar-refractivity contribution is 0.302. The molecule has 0 radical (unpaired) electrons. The zero-order valence-electron chi connectivity index (χ0n) is 20.7. The molecule has 7 nitrogen and oxygen atoms in total. The molecule has 9 heteroatoms. The number of para-hydroxylation sites is 2. The maximum absolute atomic E-state index is 13.5. The minimum atomic E-state index is -0.313. The normalized spacial score (nSPS) is 11.3. The number of fused-ring (bicyclic) bond motifs is 2. The van der Waals surface area contributed by atoms with Gasteiger partial charge in [0.05, 0.1) is 37.7 Å². The Kier molecular flexibility index (Phi) is 7.03. The number of nitrogens with zero attached hydrogens (tertiary/aromatic N) is 4. The van der Waals surface area contributed by atoms with Crippen molar-refractivity contribution in [1.82, 2.24) is 9.66 Å². The number of rotatable bonds is 6. The first-order valence-corrected chi connectivity index (χ1v) is 13.8. The summed E-state index contributed by atoms with van der Waals surface area (Å²) in [5, 5.41) is 15.2. The predicted octanol–water partition coefficient (Wildman–Crippen LogP) is 7.67. The van der Waals surface area contributed by atoms with Gasteiger partial charge in [-0.3, -0.25) is 4.79 Å². The van der Waals surface area contributed by atoms with Crippen molar-refractivity contribution in [1.29, 1.82) is 5.26 Å². The first-order valence-electron chi connectivity index (χ1n) is 12.2. The number of benzene rings is 4. The molecule has 2 aromatic heterocycles. The highest BCUT2D eigenvalue weighted by atomic mass is 79.9. The van der Waals surface area contributed by atoms with Crippen molar-refractivity contribution in [3.05, 3.63) is 127 Å². The molecule has 0 N–H and O–H groups in total. The summed E-state index contributed by atoms with van der Waals surface area (Å²) in [7, 11) is 0.